The molecule has 0 amide bonds. The maximum absolute atomic E-state index is 13.5. The molecule has 0 unspecified atom stereocenters. The van der Waals surface area contributed by atoms with Crippen LogP contribution in [0.3, 0.4) is 0 Å². The number of hydrogen-bond acceptors (Lipinski definition) is 4. The fourth-order valence-corrected chi connectivity index (χ4v) is 4.87. The largest absolute Gasteiger partial charge is 0.481 e. The van der Waals surface area contributed by atoms with Gasteiger partial charge < -0.3 is 5.11 Å². The van der Waals surface area contributed by atoms with Crippen LogP contribution >= 0.6 is 0 Å². The summed E-state index contributed by atoms with van der Waals surface area (Å²) in [6.45, 7) is 2.06. The Kier molecular flexibility index (Phi) is 7.73. The minimum Gasteiger partial charge on any atom is -0.481 e. The van der Waals surface area contributed by atoms with Gasteiger partial charge in [-0.1, -0.05) is 49.4 Å². The van der Waals surface area contributed by atoms with Crippen molar-refractivity contribution in [2.45, 2.75) is 44.9 Å². The standard InChI is InChI=1S/C33H29FN2O3/c1-21(24-11-10-22-6-2-3-7-25(22)19-24)18-31(37)26-14-17-28-30(20-26)35-29(8-4-5-9-32(38)39)33(36-28)23-12-15-27(34)16-13-23/h2-3,6-7,10-17,19-21H,4-5,8-9,18H2,1H3,(H,38,39)/t21-/m1/s1. The van der Waals surface area contributed by atoms with Crippen molar-refractivity contribution in [3.63, 3.8) is 0 Å². The van der Waals surface area contributed by atoms with Crippen LogP contribution in [-0.2, 0) is 11.2 Å². The molecule has 0 aliphatic heterocycles. The van der Waals surface area contributed by atoms with E-state index in [1.165, 1.54) is 17.5 Å². The number of Topliss-reactive ketones (excluding diaryl/α,β-unsaturated/α-hetero) is 1. The molecule has 1 heterocycles. The lowest BCUT2D eigenvalue weighted by atomic mass is 9.91. The van der Waals surface area contributed by atoms with E-state index in [0.29, 0.717) is 53.7 Å². The number of aromatic nitrogens is 2. The number of nitrogens with zero attached hydrogens (tertiary/aromatic N) is 2. The summed E-state index contributed by atoms with van der Waals surface area (Å²) in [6, 6.07) is 26.0. The summed E-state index contributed by atoms with van der Waals surface area (Å²) >= 11 is 0. The minimum atomic E-state index is -0.834. The third kappa shape index (κ3) is 6.17. The van der Waals surface area contributed by atoms with E-state index in [9.17, 15) is 14.0 Å². The average molecular weight is 521 g/mol. The molecule has 0 saturated carbocycles. The summed E-state index contributed by atoms with van der Waals surface area (Å²) in [5.74, 6) is -1.09. The Labute approximate surface area is 226 Å². The van der Waals surface area contributed by atoms with Crippen LogP contribution in [0.4, 0.5) is 4.39 Å². The van der Waals surface area contributed by atoms with E-state index in [4.69, 9.17) is 15.1 Å². The number of carbonyl (C=O) groups excluding carboxylic acids is 1. The third-order valence-corrected chi connectivity index (χ3v) is 7.06. The zero-order valence-electron chi connectivity index (χ0n) is 21.7. The van der Waals surface area contributed by atoms with Crippen molar-refractivity contribution in [1.29, 1.82) is 0 Å². The van der Waals surface area contributed by atoms with E-state index in [2.05, 4.69) is 37.3 Å². The number of carboxylic acids is 1. The molecule has 1 atom stereocenters. The Hall–Kier alpha value is -4.45. The maximum atomic E-state index is 13.5. The first kappa shape index (κ1) is 26.2. The van der Waals surface area contributed by atoms with Crippen molar-refractivity contribution in [3.8, 4) is 11.3 Å². The fourth-order valence-electron chi connectivity index (χ4n) is 4.87. The van der Waals surface area contributed by atoms with Gasteiger partial charge in [0.2, 0.25) is 0 Å². The van der Waals surface area contributed by atoms with Gasteiger partial charge in [-0.3, -0.25) is 9.59 Å². The van der Waals surface area contributed by atoms with E-state index in [1.807, 2.05) is 12.1 Å². The van der Waals surface area contributed by atoms with E-state index >= 15 is 0 Å². The van der Waals surface area contributed by atoms with E-state index in [1.54, 1.807) is 30.3 Å². The lowest BCUT2D eigenvalue weighted by Crippen LogP contribution is -2.06. The van der Waals surface area contributed by atoms with Crippen LogP contribution in [0.2, 0.25) is 0 Å². The number of halogens is 1. The first-order valence-corrected chi connectivity index (χ1v) is 13.2. The Morgan fingerprint density at radius 3 is 2.38 bits per heavy atom. The molecule has 6 heteroatoms. The number of carboxylic acid groups (broad SMARTS) is 1. The Balaban J connectivity index is 1.41. The fraction of sp³-hybridized carbons (Fsp3) is 0.212. The SMILES string of the molecule is C[C@H](CC(=O)c1ccc2nc(-c3ccc(F)cc3)c(CCCCC(=O)O)nc2c1)c1ccc2ccccc2c1. The first-order chi connectivity index (χ1) is 18.9. The molecule has 196 valence electrons. The summed E-state index contributed by atoms with van der Waals surface area (Å²) in [4.78, 5) is 33.9. The highest BCUT2D eigenvalue weighted by atomic mass is 19.1. The predicted octanol–water partition coefficient (Wildman–Crippen LogP) is 7.76. The van der Waals surface area contributed by atoms with Gasteiger partial charge in [-0.15, -0.1) is 0 Å². The number of unbranched alkanes of at least 4 members (excludes halogenated alkanes) is 1. The lowest BCUT2D eigenvalue weighted by molar-refractivity contribution is -0.137. The van der Waals surface area contributed by atoms with Crippen molar-refractivity contribution in [2.75, 3.05) is 0 Å². The average Bonchev–Trinajstić information content (AvgIpc) is 2.94. The zero-order chi connectivity index (χ0) is 27.4. The van der Waals surface area contributed by atoms with Gasteiger partial charge >= 0.3 is 5.97 Å². The maximum Gasteiger partial charge on any atom is 0.303 e. The second-order valence-electron chi connectivity index (χ2n) is 9.97. The summed E-state index contributed by atoms with van der Waals surface area (Å²) in [5, 5.41) is 11.3. The van der Waals surface area contributed by atoms with Crippen LogP contribution in [0.1, 0.15) is 60.1 Å². The summed E-state index contributed by atoms with van der Waals surface area (Å²) in [7, 11) is 0. The number of aliphatic carboxylic acids is 1. The molecule has 0 bridgehead atoms. The zero-order valence-corrected chi connectivity index (χ0v) is 21.7. The van der Waals surface area contributed by atoms with Crippen molar-refractivity contribution in [2.24, 2.45) is 0 Å². The number of fused-ring (bicyclic) bond motifs is 2. The topological polar surface area (TPSA) is 80.2 Å². The van der Waals surface area contributed by atoms with Crippen molar-refractivity contribution < 1.29 is 19.1 Å². The molecule has 0 aliphatic carbocycles. The molecule has 0 fully saturated rings. The Morgan fingerprint density at radius 2 is 1.62 bits per heavy atom. The molecule has 1 aromatic heterocycles. The number of ketones is 1. The second kappa shape index (κ2) is 11.5. The van der Waals surface area contributed by atoms with Gasteiger partial charge in [0.25, 0.3) is 0 Å². The normalized spacial score (nSPS) is 12.1. The van der Waals surface area contributed by atoms with Gasteiger partial charge in [-0.25, -0.2) is 14.4 Å². The van der Waals surface area contributed by atoms with Crippen molar-refractivity contribution in [1.82, 2.24) is 9.97 Å². The molecule has 0 saturated heterocycles. The molecule has 1 N–H and O–H groups in total. The van der Waals surface area contributed by atoms with Gasteiger partial charge in [-0.2, -0.15) is 0 Å². The van der Waals surface area contributed by atoms with Gasteiger partial charge in [-0.05, 0) is 84.0 Å². The number of carbonyl (C=O) groups is 2. The van der Waals surface area contributed by atoms with Crippen LogP contribution in [0.15, 0.2) is 84.9 Å². The number of hydrogen-bond donors (Lipinski definition) is 1. The summed E-state index contributed by atoms with van der Waals surface area (Å²) in [6.07, 6.45) is 2.12. The smallest absolute Gasteiger partial charge is 0.303 e. The van der Waals surface area contributed by atoms with Crippen molar-refractivity contribution in [3.05, 3.63) is 108 Å². The predicted molar refractivity (Wildman–Crippen MR) is 151 cm³/mol. The second-order valence-corrected chi connectivity index (χ2v) is 9.97. The van der Waals surface area contributed by atoms with Crippen molar-refractivity contribution >= 4 is 33.6 Å². The lowest BCUT2D eigenvalue weighted by Gasteiger charge is -2.13. The highest BCUT2D eigenvalue weighted by Crippen LogP contribution is 2.28. The van der Waals surface area contributed by atoms with Crippen LogP contribution < -0.4 is 0 Å². The number of rotatable bonds is 10. The highest BCUT2D eigenvalue weighted by Gasteiger charge is 2.17. The van der Waals surface area contributed by atoms with Crippen LogP contribution in [0, 0.1) is 5.82 Å². The molecule has 5 aromatic rings. The molecule has 0 aliphatic rings. The van der Waals surface area contributed by atoms with Gasteiger partial charge in [0.15, 0.2) is 5.78 Å². The van der Waals surface area contributed by atoms with Crippen LogP contribution in [0.25, 0.3) is 33.1 Å². The molecule has 0 spiro atoms. The molecular formula is C33H29FN2O3. The van der Waals surface area contributed by atoms with E-state index in [-0.39, 0.29) is 23.9 Å². The number of benzene rings is 4. The molecule has 4 aromatic carbocycles. The number of aryl methyl sites for hydroxylation is 1. The molecule has 5 rings (SSSR count). The van der Waals surface area contributed by atoms with Gasteiger partial charge in [0.05, 0.1) is 22.4 Å². The molecular weight excluding hydrogens is 491 g/mol. The molecule has 5 nitrogen and oxygen atoms in total. The minimum absolute atomic E-state index is 0.0324. The Bertz CT molecular complexity index is 1660. The molecule has 0 radical (unpaired) electrons. The van der Waals surface area contributed by atoms with Crippen LogP contribution in [-0.4, -0.2) is 26.8 Å². The van der Waals surface area contributed by atoms with E-state index in [0.717, 1.165) is 16.5 Å². The summed E-state index contributed by atoms with van der Waals surface area (Å²) < 4.78 is 13.5. The highest BCUT2D eigenvalue weighted by molar-refractivity contribution is 5.99. The quantitative estimate of drug-likeness (QED) is 0.150. The van der Waals surface area contributed by atoms with Gasteiger partial charge in [0, 0.05) is 24.0 Å². The van der Waals surface area contributed by atoms with E-state index < -0.39 is 5.97 Å². The summed E-state index contributed by atoms with van der Waals surface area (Å²) in [5.41, 5.74) is 5.03. The molecule has 39 heavy (non-hydrogen) atoms. The van der Waals surface area contributed by atoms with Gasteiger partial charge in [0.1, 0.15) is 5.82 Å². The Morgan fingerprint density at radius 1 is 0.846 bits per heavy atom. The third-order valence-electron chi connectivity index (χ3n) is 7.06. The first-order valence-electron chi connectivity index (χ1n) is 13.2. The van der Waals surface area contributed by atoms with Crippen LogP contribution in [0.5, 0.6) is 0 Å². The monoisotopic (exact) mass is 520 g/mol.